The molecule has 3 aromatic rings. The summed E-state index contributed by atoms with van der Waals surface area (Å²) in [5, 5.41) is 4.95. The number of hydrogen-bond donors (Lipinski definition) is 1. The van der Waals surface area contributed by atoms with Crippen LogP contribution in [-0.2, 0) is 4.74 Å². The molecule has 0 saturated carbocycles. The van der Waals surface area contributed by atoms with Gasteiger partial charge >= 0.3 is 6.03 Å². The summed E-state index contributed by atoms with van der Waals surface area (Å²) < 4.78 is 17.3. The van der Waals surface area contributed by atoms with E-state index in [0.717, 1.165) is 16.4 Å². The van der Waals surface area contributed by atoms with Crippen molar-refractivity contribution in [1.29, 1.82) is 0 Å². The second-order valence-electron chi connectivity index (χ2n) is 7.65. The van der Waals surface area contributed by atoms with E-state index < -0.39 is 0 Å². The van der Waals surface area contributed by atoms with Crippen LogP contribution in [0.25, 0.3) is 21.9 Å². The average molecular weight is 368 g/mol. The number of morpholine rings is 1. The first-order valence-corrected chi connectivity index (χ1v) is 9.09. The summed E-state index contributed by atoms with van der Waals surface area (Å²) in [5.74, 6) is 0.600. The van der Waals surface area contributed by atoms with Crippen LogP contribution in [0.3, 0.4) is 0 Å². The molecule has 6 heteroatoms. The van der Waals surface area contributed by atoms with Crippen LogP contribution in [0.5, 0.6) is 5.75 Å². The maximum Gasteiger partial charge on any atom is 0.322 e. The molecular formula is C21H24N2O4. The van der Waals surface area contributed by atoms with Crippen molar-refractivity contribution in [2.45, 2.75) is 32.5 Å². The second-order valence-corrected chi connectivity index (χ2v) is 7.65. The SMILES string of the molecule is COc1cc2c(cc1NC(=O)N1C[C@H](C)OC(C)(C)C1)oc1ccccc12. The molecule has 1 fully saturated rings. The Hall–Kier alpha value is -2.73. The third kappa shape index (κ3) is 3.32. The van der Waals surface area contributed by atoms with Crippen LogP contribution < -0.4 is 10.1 Å². The average Bonchev–Trinajstić information content (AvgIpc) is 2.96. The van der Waals surface area contributed by atoms with Gasteiger partial charge in [-0.15, -0.1) is 0 Å². The summed E-state index contributed by atoms with van der Waals surface area (Å²) in [5.41, 5.74) is 1.73. The van der Waals surface area contributed by atoms with Gasteiger partial charge in [-0.3, -0.25) is 0 Å². The molecule has 0 unspecified atom stereocenters. The summed E-state index contributed by atoms with van der Waals surface area (Å²) in [6, 6.07) is 11.4. The summed E-state index contributed by atoms with van der Waals surface area (Å²) in [6.07, 6.45) is -0.0146. The minimum atomic E-state index is -0.373. The van der Waals surface area contributed by atoms with Crippen molar-refractivity contribution in [3.63, 3.8) is 0 Å². The van der Waals surface area contributed by atoms with E-state index in [-0.39, 0.29) is 17.7 Å². The number of ether oxygens (including phenoxy) is 2. The Bertz CT molecular complexity index is 1010. The number of urea groups is 1. The lowest BCUT2D eigenvalue weighted by Crippen LogP contribution is -2.54. The summed E-state index contributed by atoms with van der Waals surface area (Å²) in [7, 11) is 1.60. The molecule has 0 spiro atoms. The van der Waals surface area contributed by atoms with Crippen molar-refractivity contribution in [3.05, 3.63) is 36.4 Å². The molecule has 2 aromatic carbocycles. The highest BCUT2D eigenvalue weighted by atomic mass is 16.5. The van der Waals surface area contributed by atoms with Crippen LogP contribution in [0.4, 0.5) is 10.5 Å². The molecule has 1 aliphatic heterocycles. The van der Waals surface area contributed by atoms with E-state index in [2.05, 4.69) is 5.32 Å². The van der Waals surface area contributed by atoms with E-state index in [1.54, 1.807) is 12.0 Å². The Morgan fingerprint density at radius 1 is 1.22 bits per heavy atom. The molecule has 0 bridgehead atoms. The normalized spacial score (nSPS) is 19.4. The largest absolute Gasteiger partial charge is 0.495 e. The maximum absolute atomic E-state index is 12.9. The van der Waals surface area contributed by atoms with Crippen LogP contribution in [0.15, 0.2) is 40.8 Å². The number of para-hydroxylation sites is 1. The lowest BCUT2D eigenvalue weighted by atomic mass is 10.1. The molecule has 27 heavy (non-hydrogen) atoms. The lowest BCUT2D eigenvalue weighted by Gasteiger charge is -2.41. The minimum absolute atomic E-state index is 0.0146. The Labute approximate surface area is 158 Å². The third-order valence-electron chi connectivity index (χ3n) is 4.80. The van der Waals surface area contributed by atoms with E-state index >= 15 is 0 Å². The van der Waals surface area contributed by atoms with Gasteiger partial charge < -0.3 is 24.1 Å². The summed E-state index contributed by atoms with van der Waals surface area (Å²) >= 11 is 0. The van der Waals surface area contributed by atoms with Gasteiger partial charge in [-0.25, -0.2) is 4.79 Å². The smallest absolute Gasteiger partial charge is 0.322 e. The van der Waals surface area contributed by atoms with Crippen molar-refractivity contribution in [1.82, 2.24) is 4.90 Å². The third-order valence-corrected chi connectivity index (χ3v) is 4.80. The standard InChI is InChI=1S/C21H24N2O4/c1-13-11-23(12-21(2,3)27-13)20(24)22-16-10-18-15(9-19(16)25-4)14-7-5-6-8-17(14)26-18/h5-10,13H,11-12H2,1-4H3,(H,22,24)/t13-/m0/s1. The van der Waals surface area contributed by atoms with Crippen molar-refractivity contribution < 1.29 is 18.7 Å². The fourth-order valence-electron chi connectivity index (χ4n) is 3.82. The van der Waals surface area contributed by atoms with E-state index in [1.807, 2.05) is 57.2 Å². The van der Waals surface area contributed by atoms with Crippen molar-refractivity contribution >= 4 is 33.7 Å². The van der Waals surface area contributed by atoms with Gasteiger partial charge in [0.2, 0.25) is 0 Å². The van der Waals surface area contributed by atoms with E-state index in [9.17, 15) is 4.79 Å². The summed E-state index contributed by atoms with van der Waals surface area (Å²) in [4.78, 5) is 14.6. The molecule has 4 rings (SSSR count). The first-order chi connectivity index (χ1) is 12.9. The number of carbonyl (C=O) groups excluding carboxylic acids is 1. The van der Waals surface area contributed by atoms with Gasteiger partial charge in [0.05, 0.1) is 31.0 Å². The predicted molar refractivity (Wildman–Crippen MR) is 105 cm³/mol. The van der Waals surface area contributed by atoms with E-state index in [1.165, 1.54) is 0 Å². The molecular weight excluding hydrogens is 344 g/mol. The quantitative estimate of drug-likeness (QED) is 0.716. The van der Waals surface area contributed by atoms with Crippen LogP contribution in [0, 0.1) is 0 Å². The highest BCUT2D eigenvalue weighted by Gasteiger charge is 2.34. The fraction of sp³-hybridized carbons (Fsp3) is 0.381. The first kappa shape index (κ1) is 17.7. The molecule has 1 aliphatic rings. The first-order valence-electron chi connectivity index (χ1n) is 9.09. The van der Waals surface area contributed by atoms with Gasteiger partial charge in [0.25, 0.3) is 0 Å². The Balaban J connectivity index is 1.66. The minimum Gasteiger partial charge on any atom is -0.495 e. The van der Waals surface area contributed by atoms with Crippen LogP contribution >= 0.6 is 0 Å². The van der Waals surface area contributed by atoms with Crippen LogP contribution in [-0.4, -0.2) is 42.8 Å². The van der Waals surface area contributed by atoms with E-state index in [0.29, 0.717) is 30.1 Å². The molecule has 1 N–H and O–H groups in total. The highest BCUT2D eigenvalue weighted by molar-refractivity contribution is 6.07. The topological polar surface area (TPSA) is 63.9 Å². The number of rotatable bonds is 2. The van der Waals surface area contributed by atoms with Crippen LogP contribution in [0.1, 0.15) is 20.8 Å². The number of carbonyl (C=O) groups is 1. The predicted octanol–water partition coefficient (Wildman–Crippen LogP) is 4.63. The molecule has 1 saturated heterocycles. The maximum atomic E-state index is 12.9. The number of nitrogens with one attached hydrogen (secondary N) is 1. The Kier molecular flexibility index (Phi) is 4.23. The zero-order valence-corrected chi connectivity index (χ0v) is 16.0. The van der Waals surface area contributed by atoms with Gasteiger partial charge in [0.15, 0.2) is 0 Å². The van der Waals surface area contributed by atoms with Gasteiger partial charge in [-0.1, -0.05) is 18.2 Å². The molecule has 142 valence electrons. The van der Waals surface area contributed by atoms with Gasteiger partial charge in [-0.05, 0) is 32.9 Å². The molecule has 0 radical (unpaired) electrons. The molecule has 1 aromatic heterocycles. The van der Waals surface area contributed by atoms with Gasteiger partial charge in [0.1, 0.15) is 16.9 Å². The number of nitrogens with zero attached hydrogens (tertiary/aromatic N) is 1. The highest BCUT2D eigenvalue weighted by Crippen LogP contribution is 2.36. The fourth-order valence-corrected chi connectivity index (χ4v) is 3.82. The number of anilines is 1. The Morgan fingerprint density at radius 3 is 2.74 bits per heavy atom. The van der Waals surface area contributed by atoms with E-state index in [4.69, 9.17) is 13.9 Å². The van der Waals surface area contributed by atoms with Gasteiger partial charge in [0, 0.05) is 23.4 Å². The van der Waals surface area contributed by atoms with Crippen molar-refractivity contribution in [3.8, 4) is 5.75 Å². The lowest BCUT2D eigenvalue weighted by molar-refractivity contribution is -0.116. The summed E-state index contributed by atoms with van der Waals surface area (Å²) in [6.45, 7) is 7.03. The van der Waals surface area contributed by atoms with Crippen molar-refractivity contribution in [2.24, 2.45) is 0 Å². The van der Waals surface area contributed by atoms with Gasteiger partial charge in [-0.2, -0.15) is 0 Å². The molecule has 0 aliphatic carbocycles. The molecule has 2 amide bonds. The number of furan rings is 1. The Morgan fingerprint density at radius 2 is 2.00 bits per heavy atom. The molecule has 1 atom stereocenters. The number of fused-ring (bicyclic) bond motifs is 3. The number of amides is 2. The number of methoxy groups -OCH3 is 1. The zero-order chi connectivity index (χ0) is 19.2. The monoisotopic (exact) mass is 368 g/mol. The zero-order valence-electron chi connectivity index (χ0n) is 16.0. The second kappa shape index (κ2) is 6.46. The molecule has 2 heterocycles. The van der Waals surface area contributed by atoms with Crippen molar-refractivity contribution in [2.75, 3.05) is 25.5 Å². The number of benzene rings is 2. The van der Waals surface area contributed by atoms with Crippen LogP contribution in [0.2, 0.25) is 0 Å². The molecule has 6 nitrogen and oxygen atoms in total. The number of hydrogen-bond acceptors (Lipinski definition) is 4.